The molecule has 0 saturated heterocycles. The lowest BCUT2D eigenvalue weighted by Crippen LogP contribution is -2.38. The summed E-state index contributed by atoms with van der Waals surface area (Å²) in [5.41, 5.74) is -0.912. The number of nitrogens with one attached hydrogen (secondary N) is 2. The fourth-order valence-corrected chi connectivity index (χ4v) is 1.68. The van der Waals surface area contributed by atoms with Crippen LogP contribution >= 0.6 is 11.6 Å². The molecule has 1 unspecified atom stereocenters. The molecule has 2 aromatic heterocycles. The van der Waals surface area contributed by atoms with Crippen molar-refractivity contribution in [3.63, 3.8) is 0 Å². The van der Waals surface area contributed by atoms with Gasteiger partial charge in [0.2, 0.25) is 0 Å². The summed E-state index contributed by atoms with van der Waals surface area (Å²) in [7, 11) is 0. The fourth-order valence-electron chi connectivity index (χ4n) is 1.52. The molecule has 0 spiro atoms. The molecule has 0 aliphatic rings. The lowest BCUT2D eigenvalue weighted by atomic mass is 10.0. The van der Waals surface area contributed by atoms with Crippen LogP contribution in [-0.4, -0.2) is 22.5 Å². The Kier molecular flexibility index (Phi) is 3.45. The SMILES string of the molecule is CC(O)(CNC(=O)c1cc(Cl)c[nH]1)c1ccco1. The molecule has 0 aliphatic heterocycles. The van der Waals surface area contributed by atoms with Crippen LogP contribution in [0.15, 0.2) is 35.1 Å². The summed E-state index contributed by atoms with van der Waals surface area (Å²) in [5, 5.41) is 13.2. The van der Waals surface area contributed by atoms with Crippen molar-refractivity contribution in [2.75, 3.05) is 6.54 Å². The van der Waals surface area contributed by atoms with E-state index in [2.05, 4.69) is 10.3 Å². The zero-order valence-corrected chi connectivity index (χ0v) is 10.5. The van der Waals surface area contributed by atoms with Crippen molar-refractivity contribution in [1.29, 1.82) is 0 Å². The third-order valence-corrected chi connectivity index (χ3v) is 2.76. The van der Waals surface area contributed by atoms with E-state index in [1.165, 1.54) is 18.5 Å². The van der Waals surface area contributed by atoms with E-state index in [1.807, 2.05) is 0 Å². The van der Waals surface area contributed by atoms with Gasteiger partial charge in [0.15, 0.2) is 0 Å². The van der Waals surface area contributed by atoms with Crippen LogP contribution in [0.1, 0.15) is 23.2 Å². The fraction of sp³-hybridized carbons (Fsp3) is 0.250. The van der Waals surface area contributed by atoms with Crippen LogP contribution in [0.2, 0.25) is 5.02 Å². The van der Waals surface area contributed by atoms with Gasteiger partial charge in [-0.05, 0) is 25.1 Å². The van der Waals surface area contributed by atoms with Gasteiger partial charge in [-0.3, -0.25) is 4.79 Å². The lowest BCUT2D eigenvalue weighted by molar-refractivity contribution is 0.0329. The van der Waals surface area contributed by atoms with Gasteiger partial charge in [-0.25, -0.2) is 0 Å². The second-order valence-electron chi connectivity index (χ2n) is 4.17. The summed E-state index contributed by atoms with van der Waals surface area (Å²) < 4.78 is 5.11. The number of hydrogen-bond donors (Lipinski definition) is 3. The maximum Gasteiger partial charge on any atom is 0.267 e. The zero-order chi connectivity index (χ0) is 13.2. The van der Waals surface area contributed by atoms with E-state index in [4.69, 9.17) is 16.0 Å². The molecule has 2 rings (SSSR count). The molecule has 0 fully saturated rings. The van der Waals surface area contributed by atoms with Crippen LogP contribution in [0.4, 0.5) is 0 Å². The summed E-state index contributed by atoms with van der Waals surface area (Å²) in [4.78, 5) is 14.5. The van der Waals surface area contributed by atoms with Crippen LogP contribution in [0.3, 0.4) is 0 Å². The van der Waals surface area contributed by atoms with E-state index < -0.39 is 5.60 Å². The van der Waals surface area contributed by atoms with Gasteiger partial charge in [0, 0.05) is 6.20 Å². The first-order valence-electron chi connectivity index (χ1n) is 5.37. The summed E-state index contributed by atoms with van der Waals surface area (Å²) in [6.45, 7) is 1.60. The van der Waals surface area contributed by atoms with E-state index in [0.29, 0.717) is 16.5 Å². The highest BCUT2D eigenvalue weighted by atomic mass is 35.5. The quantitative estimate of drug-likeness (QED) is 0.792. The van der Waals surface area contributed by atoms with Crippen molar-refractivity contribution >= 4 is 17.5 Å². The number of furan rings is 1. The molecule has 1 amide bonds. The molecular formula is C12H13ClN2O3. The number of aromatic amines is 1. The Morgan fingerprint density at radius 2 is 2.44 bits per heavy atom. The highest BCUT2D eigenvalue weighted by Crippen LogP contribution is 2.20. The molecule has 0 aromatic carbocycles. The van der Waals surface area contributed by atoms with Gasteiger partial charge < -0.3 is 19.8 Å². The number of aliphatic hydroxyl groups is 1. The molecule has 6 heteroatoms. The molecule has 2 heterocycles. The molecule has 3 N–H and O–H groups in total. The van der Waals surface area contributed by atoms with Crippen LogP contribution in [0, 0.1) is 0 Å². The Labute approximate surface area is 109 Å². The average Bonchev–Trinajstić information content (AvgIpc) is 2.96. The second kappa shape index (κ2) is 4.88. The number of H-pyrrole nitrogens is 1. The van der Waals surface area contributed by atoms with Gasteiger partial charge in [-0.15, -0.1) is 0 Å². The minimum atomic E-state index is -1.25. The number of carbonyl (C=O) groups is 1. The first-order valence-corrected chi connectivity index (χ1v) is 5.75. The summed E-state index contributed by atoms with van der Waals surface area (Å²) in [6.07, 6.45) is 2.98. The summed E-state index contributed by atoms with van der Waals surface area (Å²) in [5.74, 6) is 0.0565. The first kappa shape index (κ1) is 12.7. The molecule has 18 heavy (non-hydrogen) atoms. The third kappa shape index (κ3) is 2.75. The van der Waals surface area contributed by atoms with E-state index in [1.54, 1.807) is 19.1 Å². The van der Waals surface area contributed by atoms with Crippen LogP contribution in [0.5, 0.6) is 0 Å². The van der Waals surface area contributed by atoms with Crippen molar-refractivity contribution < 1.29 is 14.3 Å². The molecular weight excluding hydrogens is 256 g/mol. The molecule has 0 radical (unpaired) electrons. The number of halogens is 1. The Hall–Kier alpha value is -1.72. The first-order chi connectivity index (χ1) is 8.49. The minimum Gasteiger partial charge on any atom is -0.466 e. The molecule has 0 aliphatic carbocycles. The van der Waals surface area contributed by atoms with E-state index in [-0.39, 0.29) is 12.5 Å². The van der Waals surface area contributed by atoms with Crippen LogP contribution < -0.4 is 5.32 Å². The maximum absolute atomic E-state index is 11.7. The predicted octanol–water partition coefficient (Wildman–Crippen LogP) is 1.90. The average molecular weight is 269 g/mol. The molecule has 2 aromatic rings. The Morgan fingerprint density at radius 1 is 1.67 bits per heavy atom. The predicted molar refractivity (Wildman–Crippen MR) is 66.4 cm³/mol. The smallest absolute Gasteiger partial charge is 0.267 e. The lowest BCUT2D eigenvalue weighted by Gasteiger charge is -2.20. The Morgan fingerprint density at radius 3 is 3.00 bits per heavy atom. The number of hydrogen-bond acceptors (Lipinski definition) is 3. The van der Waals surface area contributed by atoms with Crippen molar-refractivity contribution in [2.24, 2.45) is 0 Å². The van der Waals surface area contributed by atoms with E-state index >= 15 is 0 Å². The van der Waals surface area contributed by atoms with E-state index in [0.717, 1.165) is 0 Å². The monoisotopic (exact) mass is 268 g/mol. The molecule has 1 atom stereocenters. The highest BCUT2D eigenvalue weighted by Gasteiger charge is 2.27. The largest absolute Gasteiger partial charge is 0.466 e. The molecule has 0 bridgehead atoms. The second-order valence-corrected chi connectivity index (χ2v) is 4.60. The molecule has 5 nitrogen and oxygen atoms in total. The van der Waals surface area contributed by atoms with Gasteiger partial charge in [-0.2, -0.15) is 0 Å². The maximum atomic E-state index is 11.7. The Bertz CT molecular complexity index is 531. The number of aromatic nitrogens is 1. The molecule has 0 saturated carbocycles. The van der Waals surface area contributed by atoms with Crippen LogP contribution in [0.25, 0.3) is 0 Å². The van der Waals surface area contributed by atoms with E-state index in [9.17, 15) is 9.90 Å². The van der Waals surface area contributed by atoms with Gasteiger partial charge in [0.1, 0.15) is 17.1 Å². The van der Waals surface area contributed by atoms with Crippen LogP contribution in [-0.2, 0) is 5.60 Å². The van der Waals surface area contributed by atoms with Crippen molar-refractivity contribution in [2.45, 2.75) is 12.5 Å². The molecule has 96 valence electrons. The number of carbonyl (C=O) groups excluding carboxylic acids is 1. The normalized spacial score (nSPS) is 14.2. The topological polar surface area (TPSA) is 78.3 Å². The minimum absolute atomic E-state index is 0.0377. The van der Waals surface area contributed by atoms with Crippen molar-refractivity contribution in [3.05, 3.63) is 47.1 Å². The summed E-state index contributed by atoms with van der Waals surface area (Å²) >= 11 is 5.70. The summed E-state index contributed by atoms with van der Waals surface area (Å²) in [6, 6.07) is 4.84. The number of rotatable bonds is 4. The third-order valence-electron chi connectivity index (χ3n) is 2.54. The van der Waals surface area contributed by atoms with Gasteiger partial charge in [0.05, 0.1) is 17.8 Å². The van der Waals surface area contributed by atoms with Gasteiger partial charge in [-0.1, -0.05) is 11.6 Å². The Balaban J connectivity index is 1.98. The highest BCUT2D eigenvalue weighted by molar-refractivity contribution is 6.30. The van der Waals surface area contributed by atoms with Gasteiger partial charge >= 0.3 is 0 Å². The standard InChI is InChI=1S/C12H13ClN2O3/c1-12(17,10-3-2-4-18-10)7-15-11(16)9-5-8(13)6-14-9/h2-6,14,17H,7H2,1H3,(H,15,16). The van der Waals surface area contributed by atoms with Crippen molar-refractivity contribution in [3.8, 4) is 0 Å². The van der Waals surface area contributed by atoms with Gasteiger partial charge in [0.25, 0.3) is 5.91 Å². The zero-order valence-electron chi connectivity index (χ0n) is 9.74. The van der Waals surface area contributed by atoms with Crippen molar-refractivity contribution in [1.82, 2.24) is 10.3 Å². The number of amides is 1.